The van der Waals surface area contributed by atoms with Crippen molar-refractivity contribution in [3.05, 3.63) is 41.1 Å². The lowest BCUT2D eigenvalue weighted by atomic mass is 10.2. The summed E-state index contributed by atoms with van der Waals surface area (Å²) in [7, 11) is -3.02. The van der Waals surface area contributed by atoms with Gasteiger partial charge in [-0.05, 0) is 37.1 Å². The van der Waals surface area contributed by atoms with Gasteiger partial charge in [0.05, 0.1) is 17.3 Å². The SMILES string of the molecule is CCCCN(C(=O)CSc1nccn1-c1ccc(Br)cc1)C1CCS(=O)(=O)C1. The number of nitrogens with zero attached hydrogens (tertiary/aromatic N) is 3. The van der Waals surface area contributed by atoms with Crippen molar-refractivity contribution in [1.29, 1.82) is 0 Å². The minimum absolute atomic E-state index is 0.0223. The lowest BCUT2D eigenvalue weighted by Crippen LogP contribution is -2.42. The van der Waals surface area contributed by atoms with Crippen LogP contribution < -0.4 is 0 Å². The predicted octanol–water partition coefficient (Wildman–Crippen LogP) is 3.54. The average molecular weight is 486 g/mol. The van der Waals surface area contributed by atoms with Crippen LogP contribution in [0.5, 0.6) is 0 Å². The van der Waals surface area contributed by atoms with Gasteiger partial charge in [-0.15, -0.1) is 0 Å². The normalized spacial score (nSPS) is 18.3. The van der Waals surface area contributed by atoms with E-state index in [1.807, 2.05) is 35.0 Å². The zero-order valence-electron chi connectivity index (χ0n) is 15.8. The van der Waals surface area contributed by atoms with Gasteiger partial charge < -0.3 is 4.90 Å². The maximum atomic E-state index is 12.9. The van der Waals surface area contributed by atoms with E-state index in [0.717, 1.165) is 28.2 Å². The van der Waals surface area contributed by atoms with Gasteiger partial charge in [0.1, 0.15) is 0 Å². The largest absolute Gasteiger partial charge is 0.338 e. The molecule has 0 bridgehead atoms. The van der Waals surface area contributed by atoms with E-state index in [2.05, 4.69) is 27.8 Å². The summed E-state index contributed by atoms with van der Waals surface area (Å²) < 4.78 is 26.6. The number of hydrogen-bond donors (Lipinski definition) is 0. The van der Waals surface area contributed by atoms with Gasteiger partial charge in [-0.3, -0.25) is 9.36 Å². The molecule has 1 aromatic carbocycles. The highest BCUT2D eigenvalue weighted by molar-refractivity contribution is 9.10. The Bertz CT molecular complexity index is 913. The summed E-state index contributed by atoms with van der Waals surface area (Å²) in [6.45, 7) is 2.68. The lowest BCUT2D eigenvalue weighted by Gasteiger charge is -2.28. The molecule has 1 aromatic heterocycles. The number of thioether (sulfide) groups is 1. The molecular formula is C19H24BrN3O3S2. The van der Waals surface area contributed by atoms with Gasteiger partial charge in [-0.1, -0.05) is 41.0 Å². The molecule has 1 fully saturated rings. The molecular weight excluding hydrogens is 462 g/mol. The second kappa shape index (κ2) is 9.45. The summed E-state index contributed by atoms with van der Waals surface area (Å²) in [5.41, 5.74) is 0.973. The van der Waals surface area contributed by atoms with E-state index in [-0.39, 0.29) is 29.2 Å². The number of aromatic nitrogens is 2. The maximum Gasteiger partial charge on any atom is 0.233 e. The lowest BCUT2D eigenvalue weighted by molar-refractivity contribution is -0.130. The minimum atomic E-state index is -3.02. The predicted molar refractivity (Wildman–Crippen MR) is 116 cm³/mol. The van der Waals surface area contributed by atoms with Crippen LogP contribution in [0, 0.1) is 0 Å². The Morgan fingerprint density at radius 3 is 2.75 bits per heavy atom. The average Bonchev–Trinajstić information content (AvgIpc) is 3.27. The topological polar surface area (TPSA) is 72.3 Å². The summed E-state index contributed by atoms with van der Waals surface area (Å²) in [6, 6.07) is 7.68. The monoisotopic (exact) mass is 485 g/mol. The van der Waals surface area contributed by atoms with E-state index in [9.17, 15) is 13.2 Å². The highest BCUT2D eigenvalue weighted by Crippen LogP contribution is 2.24. The number of sulfone groups is 1. The van der Waals surface area contributed by atoms with Crippen LogP contribution in [0.25, 0.3) is 5.69 Å². The van der Waals surface area contributed by atoms with Crippen molar-refractivity contribution >= 4 is 43.4 Å². The molecule has 2 aromatic rings. The molecule has 9 heteroatoms. The van der Waals surface area contributed by atoms with Crippen molar-refractivity contribution in [2.24, 2.45) is 0 Å². The van der Waals surface area contributed by atoms with Gasteiger partial charge >= 0.3 is 0 Å². The third-order valence-electron chi connectivity index (χ3n) is 4.76. The second-order valence-electron chi connectivity index (χ2n) is 6.84. The molecule has 1 amide bonds. The molecule has 0 N–H and O–H groups in total. The van der Waals surface area contributed by atoms with Gasteiger partial charge in [0.15, 0.2) is 15.0 Å². The van der Waals surface area contributed by atoms with Crippen LogP contribution in [0.4, 0.5) is 0 Å². The first-order chi connectivity index (χ1) is 13.4. The van der Waals surface area contributed by atoms with Crippen molar-refractivity contribution in [2.75, 3.05) is 23.8 Å². The zero-order chi connectivity index (χ0) is 20.1. The Hall–Kier alpha value is -1.32. The van der Waals surface area contributed by atoms with Gasteiger partial charge in [0, 0.05) is 35.1 Å². The summed E-state index contributed by atoms with van der Waals surface area (Å²) in [6.07, 6.45) is 5.96. The van der Waals surface area contributed by atoms with Crippen molar-refractivity contribution in [1.82, 2.24) is 14.5 Å². The van der Waals surface area contributed by atoms with E-state index in [4.69, 9.17) is 0 Å². The first-order valence-corrected chi connectivity index (χ1v) is 12.9. The molecule has 0 saturated carbocycles. The Kier molecular flexibility index (Phi) is 7.22. The summed E-state index contributed by atoms with van der Waals surface area (Å²) >= 11 is 4.81. The van der Waals surface area contributed by atoms with Crippen LogP contribution in [0.1, 0.15) is 26.2 Å². The van der Waals surface area contributed by atoms with E-state index >= 15 is 0 Å². The van der Waals surface area contributed by atoms with E-state index in [0.29, 0.717) is 13.0 Å². The smallest absolute Gasteiger partial charge is 0.233 e. The third-order valence-corrected chi connectivity index (χ3v) is 7.99. The van der Waals surface area contributed by atoms with Crippen LogP contribution in [0.3, 0.4) is 0 Å². The van der Waals surface area contributed by atoms with E-state index in [1.54, 1.807) is 11.1 Å². The molecule has 1 unspecified atom stereocenters. The number of carbonyl (C=O) groups excluding carboxylic acids is 1. The van der Waals surface area contributed by atoms with Gasteiger partial charge in [0.2, 0.25) is 5.91 Å². The number of benzene rings is 1. The number of unbranched alkanes of at least 4 members (excludes halogenated alkanes) is 1. The standard InChI is InChI=1S/C19H24BrN3O3S2/c1-2-3-10-22(17-8-12-28(25,26)14-17)18(24)13-27-19-21-9-11-23(19)16-6-4-15(20)5-7-16/h4-7,9,11,17H,2-3,8,10,12-14H2,1H3. The van der Waals surface area contributed by atoms with Crippen molar-refractivity contribution < 1.29 is 13.2 Å². The maximum absolute atomic E-state index is 12.9. The quantitative estimate of drug-likeness (QED) is 0.534. The minimum Gasteiger partial charge on any atom is -0.338 e. The highest BCUT2D eigenvalue weighted by atomic mass is 79.9. The van der Waals surface area contributed by atoms with Crippen LogP contribution in [-0.2, 0) is 14.6 Å². The fourth-order valence-corrected chi connectivity index (χ4v) is 6.12. The number of carbonyl (C=O) groups is 1. The Balaban J connectivity index is 1.68. The van der Waals surface area contributed by atoms with Crippen molar-refractivity contribution in [3.63, 3.8) is 0 Å². The Morgan fingerprint density at radius 1 is 1.36 bits per heavy atom. The summed E-state index contributed by atoms with van der Waals surface area (Å²) in [5.74, 6) is 0.481. The molecule has 6 nitrogen and oxygen atoms in total. The molecule has 0 spiro atoms. The van der Waals surface area contributed by atoms with Crippen molar-refractivity contribution in [2.45, 2.75) is 37.4 Å². The second-order valence-corrected chi connectivity index (χ2v) is 10.9. The fraction of sp³-hybridized carbons (Fsp3) is 0.474. The van der Waals surface area contributed by atoms with Gasteiger partial charge in [-0.2, -0.15) is 0 Å². The molecule has 0 aliphatic carbocycles. The van der Waals surface area contributed by atoms with E-state index in [1.165, 1.54) is 11.8 Å². The van der Waals surface area contributed by atoms with Gasteiger partial charge in [0.25, 0.3) is 0 Å². The Labute approximate surface area is 178 Å². The molecule has 0 radical (unpaired) electrons. The number of amides is 1. The molecule has 152 valence electrons. The van der Waals surface area contributed by atoms with Crippen LogP contribution in [-0.4, -0.2) is 58.6 Å². The van der Waals surface area contributed by atoms with Crippen LogP contribution in [0.15, 0.2) is 46.3 Å². The van der Waals surface area contributed by atoms with Crippen molar-refractivity contribution in [3.8, 4) is 5.69 Å². The van der Waals surface area contributed by atoms with Gasteiger partial charge in [-0.25, -0.2) is 13.4 Å². The fourth-order valence-electron chi connectivity index (χ4n) is 3.26. The molecule has 1 saturated heterocycles. The molecule has 1 aliphatic heterocycles. The molecule has 1 atom stereocenters. The van der Waals surface area contributed by atoms with Crippen LogP contribution in [0.2, 0.25) is 0 Å². The number of rotatable bonds is 8. The highest BCUT2D eigenvalue weighted by Gasteiger charge is 2.34. The first-order valence-electron chi connectivity index (χ1n) is 9.31. The summed E-state index contributed by atoms with van der Waals surface area (Å²) in [4.78, 5) is 19.1. The third kappa shape index (κ3) is 5.39. The van der Waals surface area contributed by atoms with E-state index < -0.39 is 9.84 Å². The molecule has 3 rings (SSSR count). The van der Waals surface area contributed by atoms with Crippen LogP contribution >= 0.6 is 27.7 Å². The Morgan fingerprint density at radius 2 is 2.11 bits per heavy atom. The zero-order valence-corrected chi connectivity index (χ0v) is 19.0. The molecule has 28 heavy (non-hydrogen) atoms. The number of halogens is 1. The molecule has 1 aliphatic rings. The molecule has 2 heterocycles. The number of hydrogen-bond acceptors (Lipinski definition) is 5. The first kappa shape index (κ1) is 21.4. The number of imidazole rings is 1. The summed E-state index contributed by atoms with van der Waals surface area (Å²) in [5, 5.41) is 0.741.